The number of rotatable bonds is 5. The van der Waals surface area contributed by atoms with Gasteiger partial charge in [-0.2, -0.15) is 0 Å². The number of thiophene rings is 1. The van der Waals surface area contributed by atoms with E-state index in [2.05, 4.69) is 40.1 Å². The van der Waals surface area contributed by atoms with E-state index in [9.17, 15) is 0 Å². The van der Waals surface area contributed by atoms with Crippen LogP contribution in [0, 0.1) is 0 Å². The first kappa shape index (κ1) is 13.8. The number of aromatic nitrogens is 2. The Labute approximate surface area is 128 Å². The highest BCUT2D eigenvalue weighted by Crippen LogP contribution is 2.27. The zero-order valence-electron chi connectivity index (χ0n) is 12.1. The van der Waals surface area contributed by atoms with Crippen molar-refractivity contribution in [2.45, 2.75) is 13.5 Å². The average molecular weight is 299 g/mol. The van der Waals surface area contributed by atoms with Gasteiger partial charge in [-0.25, -0.2) is 9.97 Å². The molecule has 0 radical (unpaired) electrons. The number of hydrogen-bond donors (Lipinski definition) is 0. The van der Waals surface area contributed by atoms with Crippen LogP contribution < -0.4 is 9.64 Å². The molecule has 0 spiro atoms. The van der Waals surface area contributed by atoms with Gasteiger partial charge >= 0.3 is 0 Å². The summed E-state index contributed by atoms with van der Waals surface area (Å²) in [6.45, 7) is 3.48. The van der Waals surface area contributed by atoms with Crippen LogP contribution in [0.15, 0.2) is 42.0 Å². The van der Waals surface area contributed by atoms with Crippen molar-refractivity contribution < 1.29 is 4.74 Å². The summed E-state index contributed by atoms with van der Waals surface area (Å²) < 4.78 is 5.46. The Bertz CT molecular complexity index is 724. The summed E-state index contributed by atoms with van der Waals surface area (Å²) in [5.41, 5.74) is 1.22. The molecule has 0 N–H and O–H groups in total. The van der Waals surface area contributed by atoms with Crippen molar-refractivity contribution in [3.8, 4) is 5.75 Å². The fraction of sp³-hybridized carbons (Fsp3) is 0.250. The van der Waals surface area contributed by atoms with Gasteiger partial charge in [-0.15, -0.1) is 11.3 Å². The van der Waals surface area contributed by atoms with Gasteiger partial charge in [0, 0.05) is 13.6 Å². The second kappa shape index (κ2) is 6.10. The normalized spacial score (nSPS) is 10.8. The van der Waals surface area contributed by atoms with Gasteiger partial charge in [0.05, 0.1) is 12.0 Å². The topological polar surface area (TPSA) is 38.2 Å². The van der Waals surface area contributed by atoms with E-state index in [4.69, 9.17) is 4.74 Å². The van der Waals surface area contributed by atoms with Gasteiger partial charge in [0.15, 0.2) is 0 Å². The zero-order valence-corrected chi connectivity index (χ0v) is 12.9. The third-order valence-electron chi connectivity index (χ3n) is 3.26. The lowest BCUT2D eigenvalue weighted by Gasteiger charge is -2.19. The molecule has 0 aliphatic rings. The van der Waals surface area contributed by atoms with Crippen LogP contribution in [-0.2, 0) is 6.54 Å². The first-order valence-corrected chi connectivity index (χ1v) is 7.77. The summed E-state index contributed by atoms with van der Waals surface area (Å²) in [5.74, 6) is 1.88. The number of fused-ring (bicyclic) bond motifs is 1. The summed E-state index contributed by atoms with van der Waals surface area (Å²) in [4.78, 5) is 11.9. The van der Waals surface area contributed by atoms with Crippen LogP contribution in [0.2, 0.25) is 0 Å². The molecule has 3 aromatic rings. The molecule has 5 heteroatoms. The highest BCUT2D eigenvalue weighted by Gasteiger charge is 2.09. The molecule has 0 fully saturated rings. The minimum Gasteiger partial charge on any atom is -0.494 e. The van der Waals surface area contributed by atoms with Crippen molar-refractivity contribution in [1.82, 2.24) is 9.97 Å². The standard InChI is InChI=1S/C16H17N3OS/c1-3-20-13-6-4-12(5-7-13)10-19(2)15-14-8-9-21-16(14)18-11-17-15/h4-9,11H,3,10H2,1-2H3. The molecule has 1 aromatic carbocycles. The van der Waals surface area contributed by atoms with E-state index in [-0.39, 0.29) is 0 Å². The van der Waals surface area contributed by atoms with E-state index in [1.54, 1.807) is 17.7 Å². The van der Waals surface area contributed by atoms with E-state index < -0.39 is 0 Å². The first-order chi connectivity index (χ1) is 10.3. The second-order valence-electron chi connectivity index (χ2n) is 4.77. The molecule has 2 heterocycles. The van der Waals surface area contributed by atoms with E-state index in [1.807, 2.05) is 24.4 Å². The molecule has 3 rings (SSSR count). The SMILES string of the molecule is CCOc1ccc(CN(C)c2ncnc3sccc23)cc1. The molecule has 0 aliphatic carbocycles. The molecule has 0 saturated heterocycles. The van der Waals surface area contributed by atoms with Crippen LogP contribution in [0.3, 0.4) is 0 Å². The van der Waals surface area contributed by atoms with Crippen LogP contribution in [0.1, 0.15) is 12.5 Å². The fourth-order valence-electron chi connectivity index (χ4n) is 2.29. The highest BCUT2D eigenvalue weighted by molar-refractivity contribution is 7.16. The van der Waals surface area contributed by atoms with Crippen molar-refractivity contribution in [2.75, 3.05) is 18.6 Å². The minimum atomic E-state index is 0.691. The number of anilines is 1. The molecule has 0 atom stereocenters. The van der Waals surface area contributed by atoms with Gasteiger partial charge < -0.3 is 9.64 Å². The third kappa shape index (κ3) is 2.97. The Kier molecular flexibility index (Phi) is 4.01. The van der Waals surface area contributed by atoms with Crippen molar-refractivity contribution in [2.24, 2.45) is 0 Å². The van der Waals surface area contributed by atoms with Crippen molar-refractivity contribution in [3.05, 3.63) is 47.6 Å². The molecule has 2 aromatic heterocycles. The molecule has 4 nitrogen and oxygen atoms in total. The lowest BCUT2D eigenvalue weighted by Crippen LogP contribution is -2.17. The second-order valence-corrected chi connectivity index (χ2v) is 5.66. The Morgan fingerprint density at radius 1 is 1.14 bits per heavy atom. The number of benzene rings is 1. The largest absolute Gasteiger partial charge is 0.494 e. The van der Waals surface area contributed by atoms with Gasteiger partial charge in [0.2, 0.25) is 0 Å². The molecule has 0 bridgehead atoms. The van der Waals surface area contributed by atoms with Crippen LogP contribution in [0.5, 0.6) is 5.75 Å². The van der Waals surface area contributed by atoms with Crippen molar-refractivity contribution in [3.63, 3.8) is 0 Å². The molecule has 0 saturated carbocycles. The lowest BCUT2D eigenvalue weighted by atomic mass is 10.2. The predicted octanol–water partition coefficient (Wildman–Crippen LogP) is 3.73. The number of hydrogen-bond acceptors (Lipinski definition) is 5. The summed E-state index contributed by atoms with van der Waals surface area (Å²) in [6.07, 6.45) is 1.63. The van der Waals surface area contributed by atoms with Crippen LogP contribution in [-0.4, -0.2) is 23.6 Å². The molecule has 0 amide bonds. The van der Waals surface area contributed by atoms with Gasteiger partial charge in [0.1, 0.15) is 22.7 Å². The zero-order chi connectivity index (χ0) is 14.7. The van der Waals surface area contributed by atoms with E-state index in [0.29, 0.717) is 6.61 Å². The maximum Gasteiger partial charge on any atom is 0.140 e. The highest BCUT2D eigenvalue weighted by atomic mass is 32.1. The van der Waals surface area contributed by atoms with Gasteiger partial charge in [-0.05, 0) is 36.1 Å². The lowest BCUT2D eigenvalue weighted by molar-refractivity contribution is 0.340. The predicted molar refractivity (Wildman–Crippen MR) is 87.1 cm³/mol. The quantitative estimate of drug-likeness (QED) is 0.719. The monoisotopic (exact) mass is 299 g/mol. The Hall–Kier alpha value is -2.14. The van der Waals surface area contributed by atoms with E-state index in [0.717, 1.165) is 28.3 Å². The Balaban J connectivity index is 1.79. The van der Waals surface area contributed by atoms with E-state index >= 15 is 0 Å². The Morgan fingerprint density at radius 3 is 2.71 bits per heavy atom. The van der Waals surface area contributed by atoms with Crippen LogP contribution in [0.25, 0.3) is 10.2 Å². The minimum absolute atomic E-state index is 0.691. The van der Waals surface area contributed by atoms with Crippen LogP contribution in [0.4, 0.5) is 5.82 Å². The number of ether oxygens (including phenoxy) is 1. The van der Waals surface area contributed by atoms with Gasteiger partial charge in [-0.1, -0.05) is 12.1 Å². The average Bonchev–Trinajstić information content (AvgIpc) is 2.98. The fourth-order valence-corrected chi connectivity index (χ4v) is 3.01. The maximum absolute atomic E-state index is 5.46. The molecular weight excluding hydrogens is 282 g/mol. The first-order valence-electron chi connectivity index (χ1n) is 6.89. The molecular formula is C16H17N3OS. The third-order valence-corrected chi connectivity index (χ3v) is 4.08. The summed E-state index contributed by atoms with van der Waals surface area (Å²) in [6, 6.07) is 10.3. The van der Waals surface area contributed by atoms with Crippen LogP contribution >= 0.6 is 11.3 Å². The van der Waals surface area contributed by atoms with Gasteiger partial charge in [0.25, 0.3) is 0 Å². The summed E-state index contributed by atoms with van der Waals surface area (Å²) in [7, 11) is 2.05. The van der Waals surface area contributed by atoms with Gasteiger partial charge in [-0.3, -0.25) is 0 Å². The van der Waals surface area contributed by atoms with E-state index in [1.165, 1.54) is 5.56 Å². The summed E-state index contributed by atoms with van der Waals surface area (Å²) in [5, 5.41) is 3.16. The van der Waals surface area contributed by atoms with Crippen molar-refractivity contribution in [1.29, 1.82) is 0 Å². The molecule has 0 unspecified atom stereocenters. The molecule has 108 valence electrons. The summed E-state index contributed by atoms with van der Waals surface area (Å²) >= 11 is 1.64. The molecule has 0 aliphatic heterocycles. The molecule has 21 heavy (non-hydrogen) atoms. The maximum atomic E-state index is 5.46. The Morgan fingerprint density at radius 2 is 1.95 bits per heavy atom. The smallest absolute Gasteiger partial charge is 0.140 e. The van der Waals surface area contributed by atoms with Crippen molar-refractivity contribution >= 4 is 27.4 Å². The number of nitrogens with zero attached hydrogens (tertiary/aromatic N) is 3.